The maximum absolute atomic E-state index is 12.1. The van der Waals surface area contributed by atoms with E-state index in [9.17, 15) is 14.4 Å². The van der Waals surface area contributed by atoms with Crippen LogP contribution in [0.25, 0.3) is 0 Å². The third kappa shape index (κ3) is 3.61. The van der Waals surface area contributed by atoms with E-state index in [0.717, 1.165) is 30.6 Å². The van der Waals surface area contributed by atoms with E-state index in [4.69, 9.17) is 4.74 Å². The first kappa shape index (κ1) is 15.3. The number of imide groups is 1. The van der Waals surface area contributed by atoms with Crippen molar-refractivity contribution >= 4 is 23.5 Å². The van der Waals surface area contributed by atoms with Crippen molar-refractivity contribution in [3.8, 4) is 5.75 Å². The maximum atomic E-state index is 12.1. The molecule has 0 bridgehead atoms. The molecule has 0 radical (unpaired) electrons. The summed E-state index contributed by atoms with van der Waals surface area (Å²) in [5, 5.41) is 5.10. The molecule has 1 aliphatic carbocycles. The quantitative estimate of drug-likeness (QED) is 0.806. The van der Waals surface area contributed by atoms with Crippen molar-refractivity contribution in [2.75, 3.05) is 18.4 Å². The summed E-state index contributed by atoms with van der Waals surface area (Å²) in [6.45, 7) is -0.365. The monoisotopic (exact) mass is 317 g/mol. The smallest absolute Gasteiger partial charge is 0.325 e. The number of nitrogens with zero attached hydrogens (tertiary/aromatic N) is 1. The normalized spacial score (nSPS) is 18.2. The van der Waals surface area contributed by atoms with Gasteiger partial charge in [0.05, 0.1) is 18.3 Å². The molecule has 2 N–H and O–H groups in total. The highest BCUT2D eigenvalue weighted by Gasteiger charge is 2.30. The lowest BCUT2D eigenvalue weighted by Crippen LogP contribution is -2.38. The van der Waals surface area contributed by atoms with Gasteiger partial charge in [0.25, 0.3) is 5.91 Å². The lowest BCUT2D eigenvalue weighted by atomic mass is 10.2. The second kappa shape index (κ2) is 6.68. The van der Waals surface area contributed by atoms with E-state index in [-0.39, 0.29) is 19.2 Å². The number of hydrogen-bond acceptors (Lipinski definition) is 4. The number of hydrogen-bond donors (Lipinski definition) is 2. The fourth-order valence-electron chi connectivity index (χ4n) is 2.81. The van der Waals surface area contributed by atoms with Gasteiger partial charge in [0.1, 0.15) is 12.3 Å². The zero-order valence-corrected chi connectivity index (χ0v) is 12.7. The van der Waals surface area contributed by atoms with Gasteiger partial charge < -0.3 is 15.4 Å². The molecule has 2 fully saturated rings. The van der Waals surface area contributed by atoms with Gasteiger partial charge in [-0.15, -0.1) is 0 Å². The highest BCUT2D eigenvalue weighted by Crippen LogP contribution is 2.29. The van der Waals surface area contributed by atoms with E-state index in [0.29, 0.717) is 11.4 Å². The molecule has 0 spiro atoms. The average molecular weight is 317 g/mol. The number of urea groups is 1. The Morgan fingerprint density at radius 2 is 2.00 bits per heavy atom. The van der Waals surface area contributed by atoms with E-state index in [1.54, 1.807) is 12.1 Å². The number of carbonyl (C=O) groups excluding carboxylic acids is 3. The summed E-state index contributed by atoms with van der Waals surface area (Å²) >= 11 is 0. The van der Waals surface area contributed by atoms with Gasteiger partial charge in [-0.2, -0.15) is 0 Å². The molecule has 7 heteroatoms. The van der Waals surface area contributed by atoms with Crippen molar-refractivity contribution in [1.29, 1.82) is 0 Å². The lowest BCUT2D eigenvalue weighted by molar-refractivity contribution is -0.128. The molecule has 0 aromatic heterocycles. The predicted molar refractivity (Wildman–Crippen MR) is 83.1 cm³/mol. The Hall–Kier alpha value is -2.57. The molecule has 1 saturated carbocycles. The van der Waals surface area contributed by atoms with Crippen molar-refractivity contribution in [1.82, 2.24) is 10.2 Å². The van der Waals surface area contributed by atoms with Gasteiger partial charge in [0.2, 0.25) is 5.91 Å². The summed E-state index contributed by atoms with van der Waals surface area (Å²) < 4.78 is 5.95. The van der Waals surface area contributed by atoms with E-state index >= 15 is 0 Å². The summed E-state index contributed by atoms with van der Waals surface area (Å²) in [7, 11) is 0. The molecule has 3 rings (SSSR count). The van der Waals surface area contributed by atoms with Crippen LogP contribution in [0.5, 0.6) is 5.75 Å². The fraction of sp³-hybridized carbons (Fsp3) is 0.438. The van der Waals surface area contributed by atoms with Gasteiger partial charge >= 0.3 is 6.03 Å². The molecular weight excluding hydrogens is 298 g/mol. The molecule has 1 saturated heterocycles. The Labute approximate surface area is 134 Å². The van der Waals surface area contributed by atoms with Crippen LogP contribution in [0, 0.1) is 0 Å². The van der Waals surface area contributed by atoms with Crippen LogP contribution in [0.2, 0.25) is 0 Å². The van der Waals surface area contributed by atoms with Crippen molar-refractivity contribution < 1.29 is 19.1 Å². The number of rotatable bonds is 5. The zero-order valence-electron chi connectivity index (χ0n) is 12.7. The van der Waals surface area contributed by atoms with Crippen molar-refractivity contribution in [3.63, 3.8) is 0 Å². The second-order valence-corrected chi connectivity index (χ2v) is 5.71. The molecule has 122 valence electrons. The van der Waals surface area contributed by atoms with E-state index in [1.165, 1.54) is 0 Å². The van der Waals surface area contributed by atoms with E-state index in [1.807, 2.05) is 12.1 Å². The molecule has 23 heavy (non-hydrogen) atoms. The highest BCUT2D eigenvalue weighted by atomic mass is 16.5. The molecule has 4 amide bonds. The summed E-state index contributed by atoms with van der Waals surface area (Å²) in [5.74, 6) is -0.219. The van der Waals surface area contributed by atoms with Gasteiger partial charge in [0.15, 0.2) is 0 Å². The maximum Gasteiger partial charge on any atom is 0.325 e. The molecule has 7 nitrogen and oxygen atoms in total. The van der Waals surface area contributed by atoms with Crippen molar-refractivity contribution in [3.05, 3.63) is 24.3 Å². The van der Waals surface area contributed by atoms with Crippen LogP contribution >= 0.6 is 0 Å². The Morgan fingerprint density at radius 3 is 2.70 bits per heavy atom. The first-order chi connectivity index (χ1) is 11.1. The second-order valence-electron chi connectivity index (χ2n) is 5.71. The van der Waals surface area contributed by atoms with Crippen LogP contribution in [0.15, 0.2) is 24.3 Å². The summed E-state index contributed by atoms with van der Waals surface area (Å²) in [5.41, 5.74) is 0.552. The summed E-state index contributed by atoms with van der Waals surface area (Å²) in [4.78, 5) is 36.0. The first-order valence-corrected chi connectivity index (χ1v) is 7.77. The minimum Gasteiger partial charge on any atom is -0.488 e. The van der Waals surface area contributed by atoms with Gasteiger partial charge in [-0.3, -0.25) is 14.5 Å². The van der Waals surface area contributed by atoms with Crippen LogP contribution in [-0.4, -0.2) is 41.9 Å². The summed E-state index contributed by atoms with van der Waals surface area (Å²) in [6, 6.07) is 6.65. The third-order valence-corrected chi connectivity index (χ3v) is 4.00. The predicted octanol–water partition coefficient (Wildman–Crippen LogP) is 1.50. The number of para-hydroxylation sites is 2. The van der Waals surface area contributed by atoms with Crippen molar-refractivity contribution in [2.24, 2.45) is 0 Å². The number of amides is 4. The minimum absolute atomic E-state index is 0.0620. The molecule has 1 heterocycles. The molecule has 0 unspecified atom stereocenters. The van der Waals surface area contributed by atoms with Gasteiger partial charge in [-0.25, -0.2) is 4.79 Å². The van der Waals surface area contributed by atoms with E-state index < -0.39 is 17.8 Å². The van der Waals surface area contributed by atoms with Gasteiger partial charge in [0, 0.05) is 0 Å². The van der Waals surface area contributed by atoms with Crippen LogP contribution in [-0.2, 0) is 9.59 Å². The Balaban J connectivity index is 1.63. The van der Waals surface area contributed by atoms with Crippen LogP contribution in [0.4, 0.5) is 10.5 Å². The SMILES string of the molecule is O=C(CN1C(=O)CNC1=O)Nc1ccccc1OC1CCCC1. The van der Waals surface area contributed by atoms with Crippen LogP contribution in [0.3, 0.4) is 0 Å². The minimum atomic E-state index is -0.541. The molecule has 1 aromatic carbocycles. The van der Waals surface area contributed by atoms with Gasteiger partial charge in [-0.05, 0) is 37.8 Å². The number of anilines is 1. The Bertz CT molecular complexity index is 610. The molecule has 1 aliphatic heterocycles. The Morgan fingerprint density at radius 1 is 1.26 bits per heavy atom. The van der Waals surface area contributed by atoms with Crippen LogP contribution < -0.4 is 15.4 Å². The number of benzene rings is 1. The van der Waals surface area contributed by atoms with Gasteiger partial charge in [-0.1, -0.05) is 12.1 Å². The number of carbonyl (C=O) groups is 3. The number of nitrogens with one attached hydrogen (secondary N) is 2. The fourth-order valence-corrected chi connectivity index (χ4v) is 2.81. The lowest BCUT2D eigenvalue weighted by Gasteiger charge is -2.18. The highest BCUT2D eigenvalue weighted by molar-refractivity contribution is 6.06. The molecule has 0 atom stereocenters. The van der Waals surface area contributed by atoms with Crippen molar-refractivity contribution in [2.45, 2.75) is 31.8 Å². The van der Waals surface area contributed by atoms with Crippen LogP contribution in [0.1, 0.15) is 25.7 Å². The molecular formula is C16H19N3O4. The molecule has 2 aliphatic rings. The third-order valence-electron chi connectivity index (χ3n) is 4.00. The average Bonchev–Trinajstić information content (AvgIpc) is 3.14. The summed E-state index contributed by atoms with van der Waals surface area (Å²) in [6.07, 6.45) is 4.53. The Kier molecular flexibility index (Phi) is 4.45. The standard InChI is InChI=1S/C16H19N3O4/c20-14(10-19-15(21)9-17-16(19)22)18-12-7-3-4-8-13(12)23-11-5-1-2-6-11/h3-4,7-8,11H,1-2,5-6,9-10H2,(H,17,22)(H,18,20). The molecule has 1 aromatic rings. The number of ether oxygens (including phenoxy) is 1. The van der Waals surface area contributed by atoms with E-state index in [2.05, 4.69) is 10.6 Å². The zero-order chi connectivity index (χ0) is 16.2. The topological polar surface area (TPSA) is 87.7 Å². The largest absolute Gasteiger partial charge is 0.488 e. The first-order valence-electron chi connectivity index (χ1n) is 7.77.